The van der Waals surface area contributed by atoms with Crippen molar-refractivity contribution in [2.45, 2.75) is 31.5 Å². The van der Waals surface area contributed by atoms with Crippen molar-refractivity contribution in [3.8, 4) is 0 Å². The van der Waals surface area contributed by atoms with Crippen molar-refractivity contribution in [2.24, 2.45) is 5.92 Å². The highest BCUT2D eigenvalue weighted by Gasteiger charge is 2.24. The quantitative estimate of drug-likeness (QED) is 0.735. The molecule has 1 atom stereocenters. The first kappa shape index (κ1) is 13.3. The van der Waals surface area contributed by atoms with E-state index in [4.69, 9.17) is 0 Å². The minimum atomic E-state index is 0.624. The van der Waals surface area contributed by atoms with Crippen LogP contribution in [0.2, 0.25) is 0 Å². The van der Waals surface area contributed by atoms with Crippen molar-refractivity contribution in [1.29, 1.82) is 0 Å². The molecule has 0 aromatic carbocycles. The molecule has 17 heavy (non-hydrogen) atoms. The molecule has 4 heteroatoms. The van der Waals surface area contributed by atoms with Crippen LogP contribution in [0.25, 0.3) is 0 Å². The topological polar surface area (TPSA) is 16.1 Å². The van der Waals surface area contributed by atoms with Crippen molar-refractivity contribution in [3.05, 3.63) is 22.3 Å². The number of alkyl halides is 1. The molecule has 1 aliphatic heterocycles. The molecule has 2 heterocycles. The lowest BCUT2D eigenvalue weighted by atomic mass is 9.94. The molecule has 0 N–H and O–H groups in total. The van der Waals surface area contributed by atoms with E-state index in [9.17, 15) is 0 Å². The Kier molecular flexibility index (Phi) is 4.47. The van der Waals surface area contributed by atoms with Gasteiger partial charge in [0.1, 0.15) is 5.82 Å². The maximum atomic E-state index is 4.50. The van der Waals surface area contributed by atoms with E-state index in [0.717, 1.165) is 29.3 Å². The van der Waals surface area contributed by atoms with E-state index in [1.54, 1.807) is 0 Å². The summed E-state index contributed by atoms with van der Waals surface area (Å²) in [6.07, 6.45) is 4.39. The zero-order valence-corrected chi connectivity index (χ0v) is 13.5. The lowest BCUT2D eigenvalue weighted by Crippen LogP contribution is -2.36. The average molecular weight is 362 g/mol. The monoisotopic (exact) mass is 360 g/mol. The van der Waals surface area contributed by atoms with Crippen molar-refractivity contribution < 1.29 is 0 Å². The van der Waals surface area contributed by atoms with E-state index in [-0.39, 0.29) is 0 Å². The number of aryl methyl sites for hydroxylation is 1. The van der Waals surface area contributed by atoms with Crippen LogP contribution < -0.4 is 4.90 Å². The van der Waals surface area contributed by atoms with Gasteiger partial charge in [0.25, 0.3) is 0 Å². The summed E-state index contributed by atoms with van der Waals surface area (Å²) in [5, 5.41) is 0. The molecular formula is C13H18Br2N2. The third-order valence-electron chi connectivity index (χ3n) is 3.55. The van der Waals surface area contributed by atoms with Crippen LogP contribution in [0.1, 0.15) is 25.3 Å². The normalized spacial score (nSPS) is 19.4. The number of piperidine rings is 1. The highest BCUT2D eigenvalue weighted by atomic mass is 79.9. The van der Waals surface area contributed by atoms with E-state index < -0.39 is 0 Å². The van der Waals surface area contributed by atoms with E-state index >= 15 is 0 Å². The van der Waals surface area contributed by atoms with Crippen molar-refractivity contribution in [2.75, 3.05) is 18.0 Å². The van der Waals surface area contributed by atoms with Crippen molar-refractivity contribution in [1.82, 2.24) is 4.98 Å². The van der Waals surface area contributed by atoms with Gasteiger partial charge in [-0.1, -0.05) is 22.9 Å². The Morgan fingerprint density at radius 2 is 2.06 bits per heavy atom. The van der Waals surface area contributed by atoms with Gasteiger partial charge < -0.3 is 4.90 Å². The number of pyridine rings is 1. The number of anilines is 1. The summed E-state index contributed by atoms with van der Waals surface area (Å²) in [6, 6.07) is 2.04. The summed E-state index contributed by atoms with van der Waals surface area (Å²) < 4.78 is 1.14. The fraction of sp³-hybridized carbons (Fsp3) is 0.615. The van der Waals surface area contributed by atoms with Crippen LogP contribution in [-0.2, 0) is 0 Å². The SMILES string of the molecule is Cc1ccnc(N2CCC(C(C)Br)CC2)c1Br. The summed E-state index contributed by atoms with van der Waals surface area (Å²) in [4.78, 5) is 7.52. The maximum absolute atomic E-state index is 4.50. The van der Waals surface area contributed by atoms with Crippen LogP contribution in [0, 0.1) is 12.8 Å². The van der Waals surface area contributed by atoms with Crippen LogP contribution in [0.15, 0.2) is 16.7 Å². The molecule has 1 fully saturated rings. The Morgan fingerprint density at radius 1 is 1.41 bits per heavy atom. The van der Waals surface area contributed by atoms with Crippen LogP contribution >= 0.6 is 31.9 Å². The molecule has 94 valence electrons. The highest BCUT2D eigenvalue weighted by molar-refractivity contribution is 9.10. The van der Waals surface area contributed by atoms with Crippen molar-refractivity contribution in [3.63, 3.8) is 0 Å². The molecule has 0 spiro atoms. The number of aromatic nitrogens is 1. The number of halogens is 2. The molecule has 1 saturated heterocycles. The lowest BCUT2D eigenvalue weighted by Gasteiger charge is -2.34. The van der Waals surface area contributed by atoms with Gasteiger partial charge in [-0.2, -0.15) is 0 Å². The van der Waals surface area contributed by atoms with Gasteiger partial charge in [0.15, 0.2) is 0 Å². The minimum Gasteiger partial charge on any atom is -0.356 e. The maximum Gasteiger partial charge on any atom is 0.143 e. The minimum absolute atomic E-state index is 0.624. The van der Waals surface area contributed by atoms with E-state index in [2.05, 4.69) is 55.6 Å². The Labute approximate surface area is 120 Å². The highest BCUT2D eigenvalue weighted by Crippen LogP contribution is 2.32. The van der Waals surface area contributed by atoms with Gasteiger partial charge >= 0.3 is 0 Å². The third kappa shape index (κ3) is 3.02. The summed E-state index contributed by atoms with van der Waals surface area (Å²) in [6.45, 7) is 6.58. The van der Waals surface area contributed by atoms with Crippen LogP contribution in [-0.4, -0.2) is 22.9 Å². The first-order valence-electron chi connectivity index (χ1n) is 6.09. The Balaban J connectivity index is 2.08. The molecule has 2 rings (SSSR count). The lowest BCUT2D eigenvalue weighted by molar-refractivity contribution is 0.405. The largest absolute Gasteiger partial charge is 0.356 e. The zero-order chi connectivity index (χ0) is 12.4. The smallest absolute Gasteiger partial charge is 0.143 e. The second kappa shape index (κ2) is 5.70. The summed E-state index contributed by atoms with van der Waals surface area (Å²) in [5.41, 5.74) is 1.26. The standard InChI is InChI=1S/C13H18Br2N2/c1-9-3-6-16-13(12(9)15)17-7-4-11(5-8-17)10(2)14/h3,6,10-11H,4-5,7-8H2,1-2H3. The first-order valence-corrected chi connectivity index (χ1v) is 7.80. The Hall–Kier alpha value is -0.0900. The average Bonchev–Trinajstić information content (AvgIpc) is 2.33. The summed E-state index contributed by atoms with van der Waals surface area (Å²) >= 11 is 7.34. The van der Waals surface area contributed by atoms with Gasteiger partial charge in [0.2, 0.25) is 0 Å². The van der Waals surface area contributed by atoms with Gasteiger partial charge in [-0.05, 0) is 53.2 Å². The van der Waals surface area contributed by atoms with E-state index in [1.165, 1.54) is 18.4 Å². The number of rotatable bonds is 2. The van der Waals surface area contributed by atoms with E-state index in [1.807, 2.05) is 12.3 Å². The van der Waals surface area contributed by atoms with Gasteiger partial charge in [-0.15, -0.1) is 0 Å². The Bertz CT molecular complexity index is 385. The third-order valence-corrected chi connectivity index (χ3v) is 5.28. The predicted molar refractivity (Wildman–Crippen MR) is 80.0 cm³/mol. The van der Waals surface area contributed by atoms with Crippen LogP contribution in [0.5, 0.6) is 0 Å². The Morgan fingerprint density at radius 3 is 2.65 bits per heavy atom. The molecular weight excluding hydrogens is 344 g/mol. The van der Waals surface area contributed by atoms with Gasteiger partial charge in [-0.25, -0.2) is 4.98 Å². The fourth-order valence-corrected chi connectivity index (χ4v) is 3.33. The van der Waals surface area contributed by atoms with Crippen molar-refractivity contribution >= 4 is 37.7 Å². The second-order valence-corrected chi connectivity index (χ2v) is 7.00. The molecule has 0 amide bonds. The predicted octanol–water partition coefficient (Wildman–Crippen LogP) is 4.15. The number of hydrogen-bond acceptors (Lipinski definition) is 2. The molecule has 1 aliphatic rings. The van der Waals surface area contributed by atoms with Gasteiger partial charge in [-0.3, -0.25) is 0 Å². The molecule has 2 nitrogen and oxygen atoms in total. The number of nitrogens with zero attached hydrogens (tertiary/aromatic N) is 2. The van der Waals surface area contributed by atoms with Gasteiger partial charge in [0.05, 0.1) is 4.47 Å². The summed E-state index contributed by atoms with van der Waals surface area (Å²) in [7, 11) is 0. The molecule has 1 aromatic heterocycles. The second-order valence-electron chi connectivity index (χ2n) is 4.77. The molecule has 0 saturated carbocycles. The van der Waals surface area contributed by atoms with Gasteiger partial charge in [0, 0.05) is 24.1 Å². The van der Waals surface area contributed by atoms with Crippen LogP contribution in [0.3, 0.4) is 0 Å². The molecule has 1 aromatic rings. The molecule has 0 aliphatic carbocycles. The van der Waals surface area contributed by atoms with E-state index in [0.29, 0.717) is 4.83 Å². The first-order chi connectivity index (χ1) is 8.09. The summed E-state index contributed by atoms with van der Waals surface area (Å²) in [5.74, 6) is 1.90. The zero-order valence-electron chi connectivity index (χ0n) is 10.3. The molecule has 1 unspecified atom stereocenters. The van der Waals surface area contributed by atoms with Crippen LogP contribution in [0.4, 0.5) is 5.82 Å². The molecule has 0 radical (unpaired) electrons. The number of hydrogen-bond donors (Lipinski definition) is 0. The fourth-order valence-electron chi connectivity index (χ4n) is 2.32. The molecule has 0 bridgehead atoms.